The third-order valence-corrected chi connectivity index (χ3v) is 6.98. The van der Waals surface area contributed by atoms with Crippen molar-refractivity contribution in [2.24, 2.45) is 0 Å². The highest BCUT2D eigenvalue weighted by Crippen LogP contribution is 2.42. The topological polar surface area (TPSA) is 98.7 Å². The highest BCUT2D eigenvalue weighted by atomic mass is 19.4. The molecule has 2 aromatic rings. The van der Waals surface area contributed by atoms with Crippen LogP contribution in [-0.2, 0) is 21.9 Å². The molecule has 1 fully saturated rings. The van der Waals surface area contributed by atoms with Crippen LogP contribution >= 0.6 is 0 Å². The van der Waals surface area contributed by atoms with Crippen molar-refractivity contribution in [2.45, 2.75) is 56.7 Å². The Hall–Kier alpha value is -3.89. The monoisotopic (exact) mass is 611 g/mol. The molecule has 42 heavy (non-hydrogen) atoms. The van der Waals surface area contributed by atoms with Gasteiger partial charge in [-0.2, -0.15) is 39.5 Å². The summed E-state index contributed by atoms with van der Waals surface area (Å²) in [7, 11) is 0. The Balaban J connectivity index is 1.74. The molecule has 3 heterocycles. The number of alkyl halides is 9. The standard InChI is InChI=1S/C25H22F9N5O3/c1-22-6-2-9-39(22)38(8-3-7-23(26,27)28)21(42)18(19(22)40)20(41)37-15-5-4-13(24(29,30)31)10-14(15)16-11-17(25(32,33)34)36-12-35-16/h4-5,10-12,40H,2-3,6-9H2,1H3,(H,37,41). The second kappa shape index (κ2) is 10.7. The van der Waals surface area contributed by atoms with Gasteiger partial charge in [0.05, 0.1) is 22.5 Å². The van der Waals surface area contributed by atoms with Gasteiger partial charge in [0, 0.05) is 25.1 Å². The van der Waals surface area contributed by atoms with Gasteiger partial charge in [-0.15, -0.1) is 0 Å². The van der Waals surface area contributed by atoms with Gasteiger partial charge in [0.1, 0.15) is 23.4 Å². The number of anilines is 1. The van der Waals surface area contributed by atoms with Crippen molar-refractivity contribution in [2.75, 3.05) is 18.4 Å². The Morgan fingerprint density at radius 3 is 2.36 bits per heavy atom. The quantitative estimate of drug-likeness (QED) is 0.313. The van der Waals surface area contributed by atoms with Gasteiger partial charge in [-0.1, -0.05) is 0 Å². The fourth-order valence-corrected chi connectivity index (χ4v) is 4.93. The van der Waals surface area contributed by atoms with Crippen LogP contribution in [0.1, 0.15) is 43.9 Å². The van der Waals surface area contributed by atoms with Crippen molar-refractivity contribution in [1.29, 1.82) is 0 Å². The second-order valence-electron chi connectivity index (χ2n) is 9.87. The van der Waals surface area contributed by atoms with Gasteiger partial charge in [0.15, 0.2) is 0 Å². The minimum Gasteiger partial charge on any atom is -0.509 e. The molecule has 1 aromatic heterocycles. The minimum absolute atomic E-state index is 0.186. The average Bonchev–Trinajstić information content (AvgIpc) is 3.27. The van der Waals surface area contributed by atoms with E-state index in [1.54, 1.807) is 0 Å². The molecule has 0 spiro atoms. The van der Waals surface area contributed by atoms with E-state index in [0.29, 0.717) is 30.9 Å². The van der Waals surface area contributed by atoms with Crippen LogP contribution < -0.4 is 5.32 Å². The van der Waals surface area contributed by atoms with Crippen molar-refractivity contribution >= 4 is 17.5 Å². The smallest absolute Gasteiger partial charge is 0.433 e. The van der Waals surface area contributed by atoms with Crippen LogP contribution in [0.3, 0.4) is 0 Å². The lowest BCUT2D eigenvalue weighted by Crippen LogP contribution is -2.61. The number of carbonyl (C=O) groups excluding carboxylic acids is 2. The van der Waals surface area contributed by atoms with Crippen LogP contribution in [0, 0.1) is 0 Å². The number of aromatic nitrogens is 2. The molecule has 2 N–H and O–H groups in total. The molecule has 2 aliphatic rings. The maximum atomic E-state index is 13.5. The molecule has 228 valence electrons. The largest absolute Gasteiger partial charge is 0.509 e. The van der Waals surface area contributed by atoms with Gasteiger partial charge >= 0.3 is 18.5 Å². The number of carbonyl (C=O) groups is 2. The predicted molar refractivity (Wildman–Crippen MR) is 127 cm³/mol. The van der Waals surface area contributed by atoms with Gasteiger partial charge in [-0.3, -0.25) is 14.6 Å². The Kier molecular flexibility index (Phi) is 7.94. The summed E-state index contributed by atoms with van der Waals surface area (Å²) in [6.07, 6.45) is -15.1. The molecule has 1 unspecified atom stereocenters. The molecule has 2 aliphatic heterocycles. The van der Waals surface area contributed by atoms with Crippen molar-refractivity contribution in [3.05, 3.63) is 53.2 Å². The molecule has 0 aliphatic carbocycles. The number of nitrogens with one attached hydrogen (secondary N) is 1. The number of halogens is 9. The fraction of sp³-hybridized carbons (Fsp3) is 0.440. The van der Waals surface area contributed by atoms with Gasteiger partial charge in [-0.25, -0.2) is 15.0 Å². The van der Waals surface area contributed by atoms with Crippen LogP contribution in [0.25, 0.3) is 11.3 Å². The van der Waals surface area contributed by atoms with E-state index in [1.807, 2.05) is 0 Å². The van der Waals surface area contributed by atoms with Gasteiger partial charge in [0.2, 0.25) is 0 Å². The zero-order chi connectivity index (χ0) is 31.3. The minimum atomic E-state index is -4.98. The van der Waals surface area contributed by atoms with Crippen LogP contribution in [0.2, 0.25) is 0 Å². The highest BCUT2D eigenvalue weighted by Gasteiger charge is 2.52. The molecular weight excluding hydrogens is 589 g/mol. The van der Waals surface area contributed by atoms with Crippen LogP contribution in [0.15, 0.2) is 41.9 Å². The summed E-state index contributed by atoms with van der Waals surface area (Å²) in [4.78, 5) is 33.4. The number of rotatable bonds is 6. The number of aliphatic hydroxyl groups is 1. The zero-order valence-corrected chi connectivity index (χ0v) is 21.6. The molecule has 8 nitrogen and oxygen atoms in total. The SMILES string of the molecule is CC12CCCN1N(CCCC(F)(F)F)C(=O)C(C(=O)Nc1ccc(C(F)(F)F)cc1-c1cc(C(F)(F)F)ncn1)=C2O. The number of hydrogen-bond donors (Lipinski definition) is 2. The van der Waals surface area contributed by atoms with E-state index in [2.05, 4.69) is 15.3 Å². The van der Waals surface area contributed by atoms with E-state index in [9.17, 15) is 54.2 Å². The Bertz CT molecular complexity index is 1420. The van der Waals surface area contributed by atoms with E-state index in [1.165, 1.54) is 11.9 Å². The van der Waals surface area contributed by atoms with Gasteiger partial charge in [-0.05, 0) is 50.5 Å². The van der Waals surface area contributed by atoms with Crippen LogP contribution in [0.5, 0.6) is 0 Å². The maximum absolute atomic E-state index is 13.5. The number of hydrazine groups is 1. The normalized spacial score (nSPS) is 20.2. The number of amides is 2. The third kappa shape index (κ3) is 6.15. The first-order valence-electron chi connectivity index (χ1n) is 12.3. The number of fused-ring (bicyclic) bond motifs is 1. The van der Waals surface area contributed by atoms with Gasteiger partial charge in [0.25, 0.3) is 11.8 Å². The molecule has 1 saturated heterocycles. The van der Waals surface area contributed by atoms with Crippen molar-refractivity contribution in [3.63, 3.8) is 0 Å². The van der Waals surface area contributed by atoms with E-state index in [0.717, 1.165) is 11.1 Å². The molecule has 1 aromatic carbocycles. The van der Waals surface area contributed by atoms with Crippen molar-refractivity contribution in [1.82, 2.24) is 20.0 Å². The van der Waals surface area contributed by atoms with E-state index in [-0.39, 0.29) is 13.0 Å². The summed E-state index contributed by atoms with van der Waals surface area (Å²) in [5.74, 6) is -3.19. The zero-order valence-electron chi connectivity index (χ0n) is 21.6. The fourth-order valence-electron chi connectivity index (χ4n) is 4.93. The first-order valence-corrected chi connectivity index (χ1v) is 12.3. The number of nitrogens with zero attached hydrogens (tertiary/aromatic N) is 4. The molecule has 0 bridgehead atoms. The summed E-state index contributed by atoms with van der Waals surface area (Å²) in [6.45, 7) is 1.20. The van der Waals surface area contributed by atoms with E-state index >= 15 is 0 Å². The summed E-state index contributed by atoms with van der Waals surface area (Å²) in [6, 6.07) is 2.08. The number of benzene rings is 1. The molecular formula is C25H22F9N5O3. The first-order chi connectivity index (χ1) is 19.3. The van der Waals surface area contributed by atoms with Crippen molar-refractivity contribution in [3.8, 4) is 11.3 Å². The van der Waals surface area contributed by atoms with Crippen LogP contribution in [-0.4, -0.2) is 61.7 Å². The molecule has 1 atom stereocenters. The van der Waals surface area contributed by atoms with Crippen LogP contribution in [0.4, 0.5) is 45.2 Å². The number of aliphatic hydroxyl groups excluding tert-OH is 1. The summed E-state index contributed by atoms with van der Waals surface area (Å²) in [5.41, 5.74) is -6.73. The molecule has 2 amide bonds. The maximum Gasteiger partial charge on any atom is 0.433 e. The summed E-state index contributed by atoms with van der Waals surface area (Å²) >= 11 is 0. The predicted octanol–water partition coefficient (Wildman–Crippen LogP) is 5.89. The lowest BCUT2D eigenvalue weighted by Gasteiger charge is -2.46. The Morgan fingerprint density at radius 2 is 1.74 bits per heavy atom. The number of hydrogen-bond acceptors (Lipinski definition) is 6. The Morgan fingerprint density at radius 1 is 1.05 bits per heavy atom. The first kappa shape index (κ1) is 31.1. The van der Waals surface area contributed by atoms with E-state index in [4.69, 9.17) is 0 Å². The molecule has 0 radical (unpaired) electrons. The highest BCUT2D eigenvalue weighted by molar-refractivity contribution is 6.24. The second-order valence-corrected chi connectivity index (χ2v) is 9.87. The summed E-state index contributed by atoms with van der Waals surface area (Å²) < 4.78 is 118. The summed E-state index contributed by atoms with van der Waals surface area (Å²) in [5, 5.41) is 15.5. The lowest BCUT2D eigenvalue weighted by atomic mass is 9.90. The van der Waals surface area contributed by atoms with E-state index < -0.39 is 94.8 Å². The van der Waals surface area contributed by atoms with Crippen molar-refractivity contribution < 1.29 is 54.2 Å². The molecule has 4 rings (SSSR count). The third-order valence-electron chi connectivity index (χ3n) is 6.98. The lowest BCUT2D eigenvalue weighted by molar-refractivity contribution is -0.163. The Labute approximate surface area is 231 Å². The molecule has 0 saturated carbocycles. The van der Waals surface area contributed by atoms with Gasteiger partial charge < -0.3 is 10.4 Å². The average molecular weight is 611 g/mol. The molecule has 17 heteroatoms.